The third-order valence-electron chi connectivity index (χ3n) is 3.52. The lowest BCUT2D eigenvalue weighted by Crippen LogP contribution is -2.39. The Hall–Kier alpha value is -1.56. The van der Waals surface area contributed by atoms with Crippen molar-refractivity contribution in [3.63, 3.8) is 0 Å². The lowest BCUT2D eigenvalue weighted by molar-refractivity contribution is -0.143. The lowest BCUT2D eigenvalue weighted by atomic mass is 9.96. The topological polar surface area (TPSA) is 32.3 Å². The third-order valence-corrected chi connectivity index (χ3v) is 3.52. The van der Waals surface area contributed by atoms with Crippen LogP contribution in [-0.2, 0) is 4.79 Å². The van der Waals surface area contributed by atoms with Crippen LogP contribution in [0, 0.1) is 0 Å². The number of fused-ring (bicyclic) bond motifs is 1. The molecule has 0 aromatic heterocycles. The highest BCUT2D eigenvalue weighted by Crippen LogP contribution is 2.34. The highest BCUT2D eigenvalue weighted by Gasteiger charge is 2.32. The van der Waals surface area contributed by atoms with Crippen LogP contribution in [0.15, 0.2) is 24.3 Å². The minimum atomic E-state index is -4.29. The van der Waals surface area contributed by atoms with E-state index < -0.39 is 24.9 Å². The number of hydrogen-bond acceptors (Lipinski definition) is 2. The first-order valence-electron chi connectivity index (χ1n) is 6.55. The molecule has 110 valence electrons. The van der Waals surface area contributed by atoms with E-state index in [0.29, 0.717) is 18.7 Å². The van der Waals surface area contributed by atoms with Gasteiger partial charge in [0.05, 0.1) is 6.42 Å². The summed E-state index contributed by atoms with van der Waals surface area (Å²) in [6, 6.07) is 7.48. The first kappa shape index (κ1) is 14.8. The summed E-state index contributed by atoms with van der Waals surface area (Å²) in [4.78, 5) is 13.5. The number of nitrogens with zero attached hydrogens (tertiary/aromatic N) is 1. The zero-order valence-corrected chi connectivity index (χ0v) is 11.2. The Labute approximate surface area is 115 Å². The first-order chi connectivity index (χ1) is 9.42. The van der Waals surface area contributed by atoms with Gasteiger partial charge in [-0.2, -0.15) is 13.2 Å². The van der Waals surface area contributed by atoms with E-state index in [1.807, 2.05) is 19.2 Å². The Balaban J connectivity index is 2.16. The number of benzene rings is 1. The number of para-hydroxylation sites is 1. The van der Waals surface area contributed by atoms with Gasteiger partial charge in [-0.3, -0.25) is 4.79 Å². The molecule has 1 aromatic carbocycles. The van der Waals surface area contributed by atoms with Gasteiger partial charge in [-0.05, 0) is 25.1 Å². The molecule has 3 nitrogen and oxygen atoms in total. The Bertz CT molecular complexity index is 488. The predicted molar refractivity (Wildman–Crippen MR) is 70.5 cm³/mol. The van der Waals surface area contributed by atoms with Crippen LogP contribution in [0.1, 0.15) is 30.9 Å². The summed E-state index contributed by atoms with van der Waals surface area (Å²) in [6.45, 7) is 0.444. The van der Waals surface area contributed by atoms with Crippen LogP contribution in [0.2, 0.25) is 0 Å². The maximum Gasteiger partial charge on any atom is 0.389 e. The van der Waals surface area contributed by atoms with Crippen molar-refractivity contribution in [3.05, 3.63) is 29.8 Å². The molecule has 0 saturated heterocycles. The molecule has 0 radical (unpaired) electrons. The van der Waals surface area contributed by atoms with E-state index in [-0.39, 0.29) is 6.04 Å². The second-order valence-corrected chi connectivity index (χ2v) is 4.85. The average Bonchev–Trinajstić information content (AvgIpc) is 2.42. The van der Waals surface area contributed by atoms with E-state index in [1.54, 1.807) is 12.1 Å². The number of nitrogens with one attached hydrogen (secondary N) is 1. The standard InChI is InChI=1S/C14H17F3N2O/c1-18-11-7-9-19(12-5-3-2-4-10(11)12)13(20)6-8-14(15,16)17/h2-5,11,18H,6-9H2,1H3. The maximum absolute atomic E-state index is 12.2. The molecule has 0 bridgehead atoms. The molecule has 1 unspecified atom stereocenters. The molecule has 1 aliphatic rings. The van der Waals surface area contributed by atoms with E-state index in [9.17, 15) is 18.0 Å². The summed E-state index contributed by atoms with van der Waals surface area (Å²) in [5.41, 5.74) is 1.67. The smallest absolute Gasteiger partial charge is 0.313 e. The molecule has 0 aliphatic carbocycles. The molecule has 0 fully saturated rings. The van der Waals surface area contributed by atoms with Crippen molar-refractivity contribution < 1.29 is 18.0 Å². The number of hydrogen-bond donors (Lipinski definition) is 1. The van der Waals surface area contributed by atoms with Gasteiger partial charge in [0.25, 0.3) is 0 Å². The molecule has 1 atom stereocenters. The largest absolute Gasteiger partial charge is 0.389 e. The summed E-state index contributed by atoms with van der Waals surface area (Å²) < 4.78 is 36.6. The van der Waals surface area contributed by atoms with Crippen molar-refractivity contribution in [1.82, 2.24) is 5.32 Å². The van der Waals surface area contributed by atoms with Gasteiger partial charge in [-0.15, -0.1) is 0 Å². The summed E-state index contributed by atoms with van der Waals surface area (Å²) in [5, 5.41) is 3.16. The summed E-state index contributed by atoms with van der Waals surface area (Å²) in [5.74, 6) is -0.468. The fourth-order valence-corrected chi connectivity index (χ4v) is 2.50. The number of alkyl halides is 3. The van der Waals surface area contributed by atoms with Crippen LogP contribution in [0.3, 0.4) is 0 Å². The molecule has 6 heteroatoms. The van der Waals surface area contributed by atoms with E-state index >= 15 is 0 Å². The first-order valence-corrected chi connectivity index (χ1v) is 6.55. The number of anilines is 1. The molecule has 20 heavy (non-hydrogen) atoms. The maximum atomic E-state index is 12.2. The molecule has 1 heterocycles. The lowest BCUT2D eigenvalue weighted by Gasteiger charge is -2.34. The average molecular weight is 286 g/mol. The molecule has 1 aliphatic heterocycles. The van der Waals surface area contributed by atoms with Crippen molar-refractivity contribution in [2.75, 3.05) is 18.5 Å². The molecule has 1 amide bonds. The van der Waals surface area contributed by atoms with Gasteiger partial charge in [0, 0.05) is 24.7 Å². The van der Waals surface area contributed by atoms with E-state index in [1.165, 1.54) is 4.90 Å². The van der Waals surface area contributed by atoms with Gasteiger partial charge in [-0.25, -0.2) is 0 Å². The zero-order chi connectivity index (χ0) is 14.8. The van der Waals surface area contributed by atoms with Gasteiger partial charge in [-0.1, -0.05) is 18.2 Å². The summed E-state index contributed by atoms with van der Waals surface area (Å²) in [6.07, 6.45) is -5.16. The number of carbonyl (C=O) groups excluding carboxylic acids is 1. The third kappa shape index (κ3) is 3.30. The molecule has 1 aromatic rings. The predicted octanol–water partition coefficient (Wildman–Crippen LogP) is 3.03. The van der Waals surface area contributed by atoms with Crippen LogP contribution in [-0.4, -0.2) is 25.7 Å². The second kappa shape index (κ2) is 5.83. The Kier molecular flexibility index (Phi) is 4.32. The summed E-state index contributed by atoms with van der Waals surface area (Å²) in [7, 11) is 1.84. The normalized spacial score (nSPS) is 18.8. The molecular formula is C14H17F3N2O. The Morgan fingerprint density at radius 1 is 1.40 bits per heavy atom. The van der Waals surface area contributed by atoms with E-state index in [4.69, 9.17) is 0 Å². The number of halogens is 3. The van der Waals surface area contributed by atoms with Gasteiger partial charge >= 0.3 is 6.18 Å². The summed E-state index contributed by atoms with van der Waals surface area (Å²) >= 11 is 0. The van der Waals surface area contributed by atoms with Gasteiger partial charge in [0.2, 0.25) is 5.91 Å². The highest BCUT2D eigenvalue weighted by molar-refractivity contribution is 5.94. The van der Waals surface area contributed by atoms with Gasteiger partial charge in [0.1, 0.15) is 0 Å². The molecule has 0 saturated carbocycles. The van der Waals surface area contributed by atoms with Crippen LogP contribution in [0.4, 0.5) is 18.9 Å². The van der Waals surface area contributed by atoms with Crippen molar-refractivity contribution >= 4 is 11.6 Å². The molecule has 0 spiro atoms. The highest BCUT2D eigenvalue weighted by atomic mass is 19.4. The molecular weight excluding hydrogens is 269 g/mol. The fraction of sp³-hybridized carbons (Fsp3) is 0.500. The van der Waals surface area contributed by atoms with E-state index in [2.05, 4.69) is 5.32 Å². The molecule has 1 N–H and O–H groups in total. The van der Waals surface area contributed by atoms with Crippen LogP contribution in [0.25, 0.3) is 0 Å². The van der Waals surface area contributed by atoms with Crippen LogP contribution >= 0.6 is 0 Å². The molecule has 2 rings (SSSR count). The second-order valence-electron chi connectivity index (χ2n) is 4.85. The van der Waals surface area contributed by atoms with Gasteiger partial charge in [0.15, 0.2) is 0 Å². The Morgan fingerprint density at radius 3 is 2.75 bits per heavy atom. The monoisotopic (exact) mass is 286 g/mol. The minimum absolute atomic E-state index is 0.137. The van der Waals surface area contributed by atoms with Crippen molar-refractivity contribution in [2.45, 2.75) is 31.5 Å². The van der Waals surface area contributed by atoms with Crippen molar-refractivity contribution in [2.24, 2.45) is 0 Å². The zero-order valence-electron chi connectivity index (χ0n) is 11.2. The number of rotatable bonds is 3. The van der Waals surface area contributed by atoms with Crippen LogP contribution < -0.4 is 10.2 Å². The van der Waals surface area contributed by atoms with E-state index in [0.717, 1.165) is 5.56 Å². The number of carbonyl (C=O) groups is 1. The number of amides is 1. The quantitative estimate of drug-likeness (QED) is 0.926. The minimum Gasteiger partial charge on any atom is -0.313 e. The fourth-order valence-electron chi connectivity index (χ4n) is 2.50. The SMILES string of the molecule is CNC1CCN(C(=O)CCC(F)(F)F)c2ccccc21. The van der Waals surface area contributed by atoms with Crippen molar-refractivity contribution in [1.29, 1.82) is 0 Å². The van der Waals surface area contributed by atoms with Crippen molar-refractivity contribution in [3.8, 4) is 0 Å². The van der Waals surface area contributed by atoms with Crippen LogP contribution in [0.5, 0.6) is 0 Å². The Morgan fingerprint density at radius 2 is 2.10 bits per heavy atom. The van der Waals surface area contributed by atoms with Gasteiger partial charge < -0.3 is 10.2 Å².